The smallest absolute Gasteiger partial charge is 0.251 e. The Balaban J connectivity index is 1.66. The second kappa shape index (κ2) is 7.60. The van der Waals surface area contributed by atoms with E-state index in [0.29, 0.717) is 12.1 Å². The molecule has 0 radical (unpaired) electrons. The van der Waals surface area contributed by atoms with Crippen molar-refractivity contribution in [2.45, 2.75) is 36.5 Å². The van der Waals surface area contributed by atoms with Crippen LogP contribution in [0.15, 0.2) is 53.4 Å². The van der Waals surface area contributed by atoms with Crippen molar-refractivity contribution < 1.29 is 13.2 Å². The lowest BCUT2D eigenvalue weighted by atomic mass is 9.94. The number of benzene rings is 2. The fraction of sp³-hybridized carbons (Fsp3) is 0.350. The van der Waals surface area contributed by atoms with E-state index in [1.807, 2.05) is 12.1 Å². The van der Waals surface area contributed by atoms with Gasteiger partial charge >= 0.3 is 0 Å². The van der Waals surface area contributed by atoms with Crippen LogP contribution in [0.4, 0.5) is 0 Å². The first-order valence-corrected chi connectivity index (χ1v) is 10.4. The molecule has 1 heterocycles. The van der Waals surface area contributed by atoms with Gasteiger partial charge in [0.25, 0.3) is 5.91 Å². The molecular formula is C20H24N2O3S. The van der Waals surface area contributed by atoms with Crippen LogP contribution in [0.5, 0.6) is 0 Å². The van der Waals surface area contributed by atoms with E-state index in [1.165, 1.54) is 23.3 Å². The number of nitrogens with one attached hydrogen (secondary N) is 2. The molecule has 1 aliphatic rings. The molecule has 6 heteroatoms. The SMILES string of the molecule is CC(C)S(=O)(=O)c1ccc(C(=O)NCC2NCCc3ccccc32)cc1. The molecule has 0 saturated heterocycles. The molecule has 0 aliphatic carbocycles. The topological polar surface area (TPSA) is 75.3 Å². The van der Waals surface area contributed by atoms with Gasteiger partial charge in [0, 0.05) is 18.2 Å². The van der Waals surface area contributed by atoms with Crippen molar-refractivity contribution in [3.63, 3.8) is 0 Å². The van der Waals surface area contributed by atoms with Gasteiger partial charge in [-0.05, 0) is 62.2 Å². The number of hydrogen-bond donors (Lipinski definition) is 2. The van der Waals surface area contributed by atoms with Gasteiger partial charge in [0.2, 0.25) is 0 Å². The van der Waals surface area contributed by atoms with E-state index in [4.69, 9.17) is 0 Å². The van der Waals surface area contributed by atoms with Crippen molar-refractivity contribution in [2.75, 3.05) is 13.1 Å². The molecule has 0 saturated carbocycles. The van der Waals surface area contributed by atoms with Crippen LogP contribution in [-0.4, -0.2) is 32.7 Å². The average molecular weight is 372 g/mol. The van der Waals surface area contributed by atoms with Gasteiger partial charge in [-0.15, -0.1) is 0 Å². The van der Waals surface area contributed by atoms with E-state index in [-0.39, 0.29) is 16.8 Å². The quantitative estimate of drug-likeness (QED) is 0.846. The average Bonchev–Trinajstić information content (AvgIpc) is 2.66. The highest BCUT2D eigenvalue weighted by molar-refractivity contribution is 7.92. The number of hydrogen-bond acceptors (Lipinski definition) is 4. The first-order chi connectivity index (χ1) is 12.4. The first kappa shape index (κ1) is 18.6. The van der Waals surface area contributed by atoms with Gasteiger partial charge in [-0.3, -0.25) is 4.79 Å². The summed E-state index contributed by atoms with van der Waals surface area (Å²) in [7, 11) is -3.32. The van der Waals surface area contributed by atoms with Crippen molar-refractivity contribution in [1.82, 2.24) is 10.6 Å². The lowest BCUT2D eigenvalue weighted by molar-refractivity contribution is 0.0949. The molecule has 2 N–H and O–H groups in total. The Morgan fingerprint density at radius 2 is 1.85 bits per heavy atom. The summed E-state index contributed by atoms with van der Waals surface area (Å²) in [4.78, 5) is 12.6. The summed E-state index contributed by atoms with van der Waals surface area (Å²) >= 11 is 0. The Hall–Kier alpha value is -2.18. The number of carbonyl (C=O) groups excluding carboxylic acids is 1. The Kier molecular flexibility index (Phi) is 5.44. The largest absolute Gasteiger partial charge is 0.350 e. The third-order valence-electron chi connectivity index (χ3n) is 4.75. The van der Waals surface area contributed by atoms with Crippen LogP contribution >= 0.6 is 0 Å². The second-order valence-electron chi connectivity index (χ2n) is 6.78. The summed E-state index contributed by atoms with van der Waals surface area (Å²) in [6.45, 7) is 4.66. The van der Waals surface area contributed by atoms with Gasteiger partial charge in [0.15, 0.2) is 9.84 Å². The van der Waals surface area contributed by atoms with Crippen molar-refractivity contribution in [3.8, 4) is 0 Å². The first-order valence-electron chi connectivity index (χ1n) is 8.83. The zero-order valence-electron chi connectivity index (χ0n) is 15.0. The van der Waals surface area contributed by atoms with Crippen LogP contribution in [0, 0.1) is 0 Å². The number of sulfone groups is 1. The summed E-state index contributed by atoms with van der Waals surface area (Å²) in [5, 5.41) is 5.88. The molecule has 2 aromatic rings. The number of fused-ring (bicyclic) bond motifs is 1. The minimum absolute atomic E-state index is 0.0875. The molecule has 1 amide bonds. The maximum Gasteiger partial charge on any atom is 0.251 e. The van der Waals surface area contributed by atoms with Gasteiger partial charge in [-0.1, -0.05) is 24.3 Å². The second-order valence-corrected chi connectivity index (χ2v) is 9.29. The predicted molar refractivity (Wildman–Crippen MR) is 102 cm³/mol. The maximum atomic E-state index is 12.4. The normalized spacial score (nSPS) is 17.0. The Morgan fingerprint density at radius 3 is 2.54 bits per heavy atom. The third-order valence-corrected chi connectivity index (χ3v) is 6.92. The molecule has 2 aromatic carbocycles. The standard InChI is InChI=1S/C20H24N2O3S/c1-14(2)26(24,25)17-9-7-16(8-10-17)20(23)22-13-19-18-6-4-3-5-15(18)11-12-21-19/h3-10,14,19,21H,11-13H2,1-2H3,(H,22,23). The summed E-state index contributed by atoms with van der Waals surface area (Å²) < 4.78 is 24.3. The minimum atomic E-state index is -3.32. The third kappa shape index (κ3) is 3.81. The number of carbonyl (C=O) groups is 1. The molecular weight excluding hydrogens is 348 g/mol. The molecule has 26 heavy (non-hydrogen) atoms. The number of amides is 1. The van der Waals surface area contributed by atoms with Crippen molar-refractivity contribution in [3.05, 3.63) is 65.2 Å². The fourth-order valence-electron chi connectivity index (χ4n) is 3.14. The zero-order valence-corrected chi connectivity index (χ0v) is 15.8. The van der Waals surface area contributed by atoms with Crippen molar-refractivity contribution in [1.29, 1.82) is 0 Å². The van der Waals surface area contributed by atoms with Gasteiger partial charge in [-0.2, -0.15) is 0 Å². The predicted octanol–water partition coefficient (Wildman–Crippen LogP) is 2.49. The minimum Gasteiger partial charge on any atom is -0.350 e. The van der Waals surface area contributed by atoms with Gasteiger partial charge < -0.3 is 10.6 Å². The maximum absolute atomic E-state index is 12.4. The van der Waals surface area contributed by atoms with Crippen molar-refractivity contribution in [2.24, 2.45) is 0 Å². The fourth-order valence-corrected chi connectivity index (χ4v) is 4.20. The Morgan fingerprint density at radius 1 is 1.15 bits per heavy atom. The van der Waals surface area contributed by atoms with Gasteiger partial charge in [0.05, 0.1) is 10.1 Å². The van der Waals surface area contributed by atoms with Crippen LogP contribution in [0.25, 0.3) is 0 Å². The van der Waals surface area contributed by atoms with Crippen LogP contribution in [0.2, 0.25) is 0 Å². The molecule has 0 aromatic heterocycles. The highest BCUT2D eigenvalue weighted by Crippen LogP contribution is 2.22. The van der Waals surface area contributed by atoms with E-state index in [2.05, 4.69) is 22.8 Å². The highest BCUT2D eigenvalue weighted by Gasteiger charge is 2.21. The molecule has 0 spiro atoms. The molecule has 1 atom stereocenters. The molecule has 138 valence electrons. The molecule has 1 unspecified atom stereocenters. The number of rotatable bonds is 5. The molecule has 1 aliphatic heterocycles. The van der Waals surface area contributed by atoms with E-state index >= 15 is 0 Å². The van der Waals surface area contributed by atoms with E-state index in [9.17, 15) is 13.2 Å². The molecule has 5 nitrogen and oxygen atoms in total. The Labute approximate surface area is 154 Å². The van der Waals surface area contributed by atoms with Crippen molar-refractivity contribution >= 4 is 15.7 Å². The van der Waals surface area contributed by atoms with Crippen LogP contribution < -0.4 is 10.6 Å². The van der Waals surface area contributed by atoms with E-state index in [1.54, 1.807) is 26.0 Å². The van der Waals surface area contributed by atoms with Crippen LogP contribution in [0.3, 0.4) is 0 Å². The zero-order chi connectivity index (χ0) is 18.7. The highest BCUT2D eigenvalue weighted by atomic mass is 32.2. The molecule has 3 rings (SSSR count). The van der Waals surface area contributed by atoms with Crippen LogP contribution in [0.1, 0.15) is 41.4 Å². The lowest BCUT2D eigenvalue weighted by Crippen LogP contribution is -2.38. The summed E-state index contributed by atoms with van der Waals surface area (Å²) in [5.41, 5.74) is 2.99. The summed E-state index contributed by atoms with van der Waals surface area (Å²) in [6.07, 6.45) is 0.992. The van der Waals surface area contributed by atoms with Gasteiger partial charge in [0.1, 0.15) is 0 Å². The molecule has 0 bridgehead atoms. The van der Waals surface area contributed by atoms with Gasteiger partial charge in [-0.25, -0.2) is 8.42 Å². The summed E-state index contributed by atoms with van der Waals surface area (Å²) in [5.74, 6) is -0.205. The molecule has 0 fully saturated rings. The lowest BCUT2D eigenvalue weighted by Gasteiger charge is -2.27. The van der Waals surface area contributed by atoms with E-state index < -0.39 is 15.1 Å². The Bertz CT molecular complexity index is 890. The summed E-state index contributed by atoms with van der Waals surface area (Å²) in [6, 6.07) is 14.5. The van der Waals surface area contributed by atoms with E-state index in [0.717, 1.165) is 13.0 Å². The monoisotopic (exact) mass is 372 g/mol. The van der Waals surface area contributed by atoms with Crippen LogP contribution in [-0.2, 0) is 16.3 Å².